The van der Waals surface area contributed by atoms with E-state index in [4.69, 9.17) is 20.2 Å². The van der Waals surface area contributed by atoms with Crippen LogP contribution in [0, 0.1) is 0 Å². The van der Waals surface area contributed by atoms with Gasteiger partial charge in [-0.15, -0.1) is 0 Å². The van der Waals surface area contributed by atoms with Crippen molar-refractivity contribution in [3.63, 3.8) is 0 Å². The molecule has 10 heteroatoms. The average molecular weight is 472 g/mol. The minimum absolute atomic E-state index is 0.00794. The number of ether oxygens (including phenoxy) is 2. The lowest BCUT2D eigenvalue weighted by Gasteiger charge is -2.20. The number of carbonyl (C=O) groups excluding carboxylic acids is 1. The number of anilines is 4. The molecule has 0 radical (unpaired) electrons. The summed E-state index contributed by atoms with van der Waals surface area (Å²) < 4.78 is 10.9. The van der Waals surface area contributed by atoms with Gasteiger partial charge < -0.3 is 25.4 Å². The van der Waals surface area contributed by atoms with Crippen molar-refractivity contribution < 1.29 is 14.3 Å². The molecule has 2 aromatic carbocycles. The predicted octanol–water partition coefficient (Wildman–Crippen LogP) is 3.71. The SMILES string of the molecule is COc1ccccc1Nc1nc(N)nc(COC(=O)c2cc3ccccc3nc2N2CCCC2)n1. The van der Waals surface area contributed by atoms with Crippen LogP contribution in [-0.2, 0) is 11.3 Å². The van der Waals surface area contributed by atoms with E-state index in [2.05, 4.69) is 25.2 Å². The van der Waals surface area contributed by atoms with E-state index >= 15 is 0 Å². The molecule has 0 unspecified atom stereocenters. The maximum Gasteiger partial charge on any atom is 0.342 e. The zero-order valence-electron chi connectivity index (χ0n) is 19.3. The summed E-state index contributed by atoms with van der Waals surface area (Å²) in [5, 5.41) is 3.94. The van der Waals surface area contributed by atoms with Crippen molar-refractivity contribution in [3.8, 4) is 5.75 Å². The quantitative estimate of drug-likeness (QED) is 0.385. The Morgan fingerprint density at radius 2 is 1.80 bits per heavy atom. The zero-order chi connectivity index (χ0) is 24.2. The molecule has 1 aliphatic rings. The Morgan fingerprint density at radius 1 is 1.03 bits per heavy atom. The Kier molecular flexibility index (Phi) is 6.25. The Labute approximate surface area is 202 Å². The van der Waals surface area contributed by atoms with Gasteiger partial charge in [-0.25, -0.2) is 9.78 Å². The molecule has 0 spiro atoms. The first kappa shape index (κ1) is 22.3. The number of pyridine rings is 1. The second kappa shape index (κ2) is 9.80. The third-order valence-electron chi connectivity index (χ3n) is 5.71. The molecule has 3 heterocycles. The Balaban J connectivity index is 1.37. The summed E-state index contributed by atoms with van der Waals surface area (Å²) in [7, 11) is 1.57. The molecule has 0 aliphatic carbocycles. The molecule has 0 atom stereocenters. The molecule has 0 amide bonds. The highest BCUT2D eigenvalue weighted by molar-refractivity contribution is 5.99. The van der Waals surface area contributed by atoms with Crippen LogP contribution in [0.1, 0.15) is 29.0 Å². The van der Waals surface area contributed by atoms with Crippen LogP contribution in [0.5, 0.6) is 5.75 Å². The Morgan fingerprint density at radius 3 is 2.63 bits per heavy atom. The highest BCUT2D eigenvalue weighted by Crippen LogP contribution is 2.28. The molecule has 1 fully saturated rings. The number of hydrogen-bond acceptors (Lipinski definition) is 10. The lowest BCUT2D eigenvalue weighted by Crippen LogP contribution is -2.23. The number of aromatic nitrogens is 4. The van der Waals surface area contributed by atoms with Gasteiger partial charge in [-0.3, -0.25) is 0 Å². The first-order valence-corrected chi connectivity index (χ1v) is 11.3. The van der Waals surface area contributed by atoms with Crippen molar-refractivity contribution >= 4 is 40.3 Å². The fourth-order valence-corrected chi connectivity index (χ4v) is 4.06. The maximum absolute atomic E-state index is 13.2. The summed E-state index contributed by atoms with van der Waals surface area (Å²) in [6, 6.07) is 16.9. The number of hydrogen-bond donors (Lipinski definition) is 2. The van der Waals surface area contributed by atoms with Gasteiger partial charge in [0.15, 0.2) is 12.4 Å². The number of nitrogens with one attached hydrogen (secondary N) is 1. The van der Waals surface area contributed by atoms with Crippen LogP contribution in [0.3, 0.4) is 0 Å². The number of carbonyl (C=O) groups is 1. The molecule has 4 aromatic rings. The number of para-hydroxylation sites is 3. The van der Waals surface area contributed by atoms with Gasteiger partial charge in [-0.05, 0) is 37.1 Å². The monoisotopic (exact) mass is 471 g/mol. The Hall–Kier alpha value is -4.47. The molecular formula is C25H25N7O3. The molecule has 0 saturated carbocycles. The molecule has 1 aliphatic heterocycles. The second-order valence-corrected chi connectivity index (χ2v) is 8.08. The van der Waals surface area contributed by atoms with Crippen LogP contribution in [0.15, 0.2) is 54.6 Å². The number of benzene rings is 2. The van der Waals surface area contributed by atoms with E-state index in [-0.39, 0.29) is 24.3 Å². The first-order chi connectivity index (χ1) is 17.1. The molecule has 178 valence electrons. The van der Waals surface area contributed by atoms with Gasteiger partial charge in [0.1, 0.15) is 17.1 Å². The largest absolute Gasteiger partial charge is 0.495 e. The van der Waals surface area contributed by atoms with Crippen LogP contribution in [0.2, 0.25) is 0 Å². The molecule has 10 nitrogen and oxygen atoms in total. The molecule has 5 rings (SSSR count). The first-order valence-electron chi connectivity index (χ1n) is 11.3. The van der Waals surface area contributed by atoms with Gasteiger partial charge in [-0.1, -0.05) is 30.3 Å². The molecule has 3 N–H and O–H groups in total. The molecule has 0 bridgehead atoms. The molecule has 35 heavy (non-hydrogen) atoms. The van der Waals surface area contributed by atoms with Crippen LogP contribution >= 0.6 is 0 Å². The third-order valence-corrected chi connectivity index (χ3v) is 5.71. The van der Waals surface area contributed by atoms with Crippen molar-refractivity contribution in [1.82, 2.24) is 19.9 Å². The minimum Gasteiger partial charge on any atom is -0.495 e. The molecular weight excluding hydrogens is 446 g/mol. The van der Waals surface area contributed by atoms with Crippen molar-refractivity contribution in [2.75, 3.05) is 36.1 Å². The summed E-state index contributed by atoms with van der Waals surface area (Å²) in [5.41, 5.74) is 7.80. The number of methoxy groups -OCH3 is 1. The summed E-state index contributed by atoms with van der Waals surface area (Å²) in [4.78, 5) is 32.6. The van der Waals surface area contributed by atoms with Gasteiger partial charge in [0.2, 0.25) is 11.9 Å². The van der Waals surface area contributed by atoms with Crippen LogP contribution < -0.4 is 20.7 Å². The second-order valence-electron chi connectivity index (χ2n) is 8.08. The van der Waals surface area contributed by atoms with E-state index in [1.165, 1.54) is 0 Å². The fourth-order valence-electron chi connectivity index (χ4n) is 4.06. The predicted molar refractivity (Wildman–Crippen MR) is 133 cm³/mol. The van der Waals surface area contributed by atoms with Gasteiger partial charge in [-0.2, -0.15) is 15.0 Å². The number of esters is 1. The van der Waals surface area contributed by atoms with E-state index in [0.717, 1.165) is 36.8 Å². The highest BCUT2D eigenvalue weighted by Gasteiger charge is 2.23. The van der Waals surface area contributed by atoms with Gasteiger partial charge in [0.25, 0.3) is 0 Å². The van der Waals surface area contributed by atoms with Crippen molar-refractivity contribution in [2.45, 2.75) is 19.4 Å². The van der Waals surface area contributed by atoms with Crippen LogP contribution in [0.4, 0.5) is 23.4 Å². The van der Waals surface area contributed by atoms with Crippen LogP contribution in [0.25, 0.3) is 10.9 Å². The number of nitrogens with zero attached hydrogens (tertiary/aromatic N) is 5. The summed E-state index contributed by atoms with van der Waals surface area (Å²) in [5.74, 6) is 1.22. The number of nitrogen functional groups attached to an aromatic ring is 1. The van der Waals surface area contributed by atoms with E-state index in [9.17, 15) is 4.79 Å². The van der Waals surface area contributed by atoms with Crippen LogP contribution in [-0.4, -0.2) is 46.1 Å². The Bertz CT molecular complexity index is 1370. The standard InChI is InChI=1S/C25H25N7O3/c1-34-20-11-5-4-10-19(20)28-25-30-21(29-24(26)31-25)15-35-23(33)17-14-16-8-2-3-9-18(16)27-22(17)32-12-6-7-13-32/h2-5,8-11,14H,6-7,12-13,15H2,1H3,(H3,26,28,29,30,31). The molecule has 1 saturated heterocycles. The highest BCUT2D eigenvalue weighted by atomic mass is 16.5. The minimum atomic E-state index is -0.497. The van der Waals surface area contributed by atoms with Crippen molar-refractivity contribution in [3.05, 3.63) is 66.0 Å². The summed E-state index contributed by atoms with van der Waals surface area (Å²) in [6.45, 7) is 1.54. The summed E-state index contributed by atoms with van der Waals surface area (Å²) in [6.07, 6.45) is 2.13. The lowest BCUT2D eigenvalue weighted by atomic mass is 10.1. The van der Waals surface area contributed by atoms with Gasteiger partial charge >= 0.3 is 5.97 Å². The smallest absolute Gasteiger partial charge is 0.342 e. The van der Waals surface area contributed by atoms with E-state index in [1.807, 2.05) is 54.6 Å². The molecule has 2 aromatic heterocycles. The zero-order valence-corrected chi connectivity index (χ0v) is 19.3. The topological polar surface area (TPSA) is 128 Å². The van der Waals surface area contributed by atoms with E-state index in [0.29, 0.717) is 22.8 Å². The number of fused-ring (bicyclic) bond motifs is 1. The number of nitrogens with two attached hydrogens (primary N) is 1. The van der Waals surface area contributed by atoms with E-state index < -0.39 is 5.97 Å². The summed E-state index contributed by atoms with van der Waals surface area (Å²) >= 11 is 0. The maximum atomic E-state index is 13.2. The lowest BCUT2D eigenvalue weighted by molar-refractivity contribution is 0.0462. The van der Waals surface area contributed by atoms with Crippen molar-refractivity contribution in [1.29, 1.82) is 0 Å². The van der Waals surface area contributed by atoms with Gasteiger partial charge in [0.05, 0.1) is 18.3 Å². The average Bonchev–Trinajstić information content (AvgIpc) is 3.41. The fraction of sp³-hybridized carbons (Fsp3) is 0.240. The van der Waals surface area contributed by atoms with Gasteiger partial charge in [0, 0.05) is 18.5 Å². The normalized spacial score (nSPS) is 13.1. The number of rotatable bonds is 7. The third kappa shape index (κ3) is 4.91. The van der Waals surface area contributed by atoms with E-state index in [1.54, 1.807) is 7.11 Å². The van der Waals surface area contributed by atoms with Crippen molar-refractivity contribution in [2.24, 2.45) is 0 Å².